The third kappa shape index (κ3) is 2.93. The zero-order valence-corrected chi connectivity index (χ0v) is 12.2. The number of nitrogens with one attached hydrogen (secondary N) is 1. The van der Waals surface area contributed by atoms with E-state index in [1.165, 1.54) is 42.6 Å². The van der Waals surface area contributed by atoms with Gasteiger partial charge >= 0.3 is 0 Å². The van der Waals surface area contributed by atoms with E-state index in [1.54, 1.807) is 0 Å². The molecule has 0 aliphatic carbocycles. The Kier molecular flexibility index (Phi) is 4.08. The minimum Gasteiger partial charge on any atom is -0.314 e. The highest BCUT2D eigenvalue weighted by Crippen LogP contribution is 2.27. The van der Waals surface area contributed by atoms with E-state index in [0.717, 1.165) is 6.42 Å². The highest BCUT2D eigenvalue weighted by molar-refractivity contribution is 5.32. The van der Waals surface area contributed by atoms with E-state index in [1.807, 2.05) is 0 Å². The summed E-state index contributed by atoms with van der Waals surface area (Å²) in [5, 5.41) is 3.61. The van der Waals surface area contributed by atoms with Gasteiger partial charge in [-0.3, -0.25) is 0 Å². The molecule has 1 fully saturated rings. The molecule has 0 saturated carbocycles. The maximum Gasteiger partial charge on any atom is 0.0243 e. The van der Waals surface area contributed by atoms with Crippen LogP contribution in [0.5, 0.6) is 0 Å². The van der Waals surface area contributed by atoms with Crippen molar-refractivity contribution in [3.8, 4) is 0 Å². The van der Waals surface area contributed by atoms with E-state index < -0.39 is 0 Å². The Morgan fingerprint density at radius 2 is 1.89 bits per heavy atom. The van der Waals surface area contributed by atoms with Gasteiger partial charge in [0.25, 0.3) is 0 Å². The van der Waals surface area contributed by atoms with Crippen LogP contribution in [0.15, 0.2) is 18.2 Å². The van der Waals surface area contributed by atoms with E-state index in [-0.39, 0.29) is 0 Å². The summed E-state index contributed by atoms with van der Waals surface area (Å²) in [6.07, 6.45) is 3.64. The van der Waals surface area contributed by atoms with Crippen LogP contribution in [0.3, 0.4) is 0 Å². The molecule has 0 bridgehead atoms. The van der Waals surface area contributed by atoms with Crippen molar-refractivity contribution in [2.24, 2.45) is 0 Å². The van der Waals surface area contributed by atoms with Crippen molar-refractivity contribution in [2.45, 2.75) is 38.6 Å². The lowest BCUT2D eigenvalue weighted by molar-refractivity contribution is 0.163. The van der Waals surface area contributed by atoms with Crippen LogP contribution in [-0.4, -0.2) is 37.6 Å². The summed E-state index contributed by atoms with van der Waals surface area (Å²) >= 11 is 0. The van der Waals surface area contributed by atoms with Gasteiger partial charge in [-0.25, -0.2) is 0 Å². The summed E-state index contributed by atoms with van der Waals surface area (Å²) < 4.78 is 0. The lowest BCUT2D eigenvalue weighted by Crippen LogP contribution is -2.52. The van der Waals surface area contributed by atoms with E-state index >= 15 is 0 Å². The van der Waals surface area contributed by atoms with Gasteiger partial charge in [0.15, 0.2) is 0 Å². The number of piperidine rings is 1. The number of rotatable bonds is 3. The number of likely N-dealkylation sites (tertiary alicyclic amines) is 1. The van der Waals surface area contributed by atoms with Gasteiger partial charge in [0.2, 0.25) is 0 Å². The Morgan fingerprint density at radius 1 is 1.22 bits per heavy atom. The largest absolute Gasteiger partial charge is 0.314 e. The van der Waals surface area contributed by atoms with Crippen LogP contribution < -0.4 is 5.32 Å². The fourth-order valence-corrected chi connectivity index (χ4v) is 2.92. The van der Waals surface area contributed by atoms with Crippen LogP contribution in [0.25, 0.3) is 0 Å². The molecule has 1 aromatic carbocycles. The molecule has 1 aliphatic heterocycles. The second-order valence-corrected chi connectivity index (χ2v) is 5.94. The van der Waals surface area contributed by atoms with Crippen molar-refractivity contribution < 1.29 is 0 Å². The maximum atomic E-state index is 3.61. The van der Waals surface area contributed by atoms with Crippen molar-refractivity contribution in [3.63, 3.8) is 0 Å². The topological polar surface area (TPSA) is 15.3 Å². The number of hydrogen-bond donors (Lipinski definition) is 1. The van der Waals surface area contributed by atoms with Crippen LogP contribution in [0.4, 0.5) is 0 Å². The quantitative estimate of drug-likeness (QED) is 0.881. The van der Waals surface area contributed by atoms with Crippen LogP contribution >= 0.6 is 0 Å². The molecule has 0 aromatic heterocycles. The van der Waals surface area contributed by atoms with Crippen molar-refractivity contribution in [1.29, 1.82) is 0 Å². The second-order valence-electron chi connectivity index (χ2n) is 5.94. The molecular weight excluding hydrogens is 220 g/mol. The highest BCUT2D eigenvalue weighted by Gasteiger charge is 2.32. The summed E-state index contributed by atoms with van der Waals surface area (Å²) in [5.74, 6) is 0. The highest BCUT2D eigenvalue weighted by atomic mass is 15.1. The molecule has 1 heterocycles. The van der Waals surface area contributed by atoms with E-state index in [2.05, 4.69) is 56.4 Å². The Hall–Kier alpha value is -0.860. The molecule has 2 rings (SSSR count). The van der Waals surface area contributed by atoms with Crippen molar-refractivity contribution in [3.05, 3.63) is 34.9 Å². The molecule has 1 aromatic rings. The van der Waals surface area contributed by atoms with Gasteiger partial charge in [-0.05, 0) is 71.4 Å². The lowest BCUT2D eigenvalue weighted by Gasteiger charge is -2.41. The lowest BCUT2D eigenvalue weighted by atomic mass is 9.81. The van der Waals surface area contributed by atoms with Crippen LogP contribution in [0.2, 0.25) is 0 Å². The number of likely N-dealkylation sites (N-methyl/N-ethyl adjacent to an activating group) is 1. The Bertz CT molecular complexity index is 404. The molecule has 0 spiro atoms. The molecule has 0 unspecified atom stereocenters. The zero-order valence-electron chi connectivity index (χ0n) is 12.2. The van der Waals surface area contributed by atoms with Crippen LogP contribution in [-0.2, 0) is 6.42 Å². The molecular formula is C16H26N2. The Morgan fingerprint density at radius 3 is 2.50 bits per heavy atom. The van der Waals surface area contributed by atoms with Gasteiger partial charge in [-0.2, -0.15) is 0 Å². The van der Waals surface area contributed by atoms with Gasteiger partial charge < -0.3 is 10.2 Å². The SMILES string of the molecule is CNC1(Cc2cc(C)ccc2C)CCN(C)CC1. The van der Waals surface area contributed by atoms with Crippen LogP contribution in [0.1, 0.15) is 29.5 Å². The standard InChI is InChI=1S/C16H26N2/c1-13-5-6-14(2)15(11-13)12-16(17-3)7-9-18(4)10-8-16/h5-6,11,17H,7-10,12H2,1-4H3. The first-order valence-corrected chi connectivity index (χ1v) is 6.98. The summed E-state index contributed by atoms with van der Waals surface area (Å²) in [5.41, 5.74) is 4.60. The van der Waals surface area contributed by atoms with Gasteiger partial charge in [0, 0.05) is 5.54 Å². The minimum atomic E-state index is 0.297. The Balaban J connectivity index is 2.17. The molecule has 0 atom stereocenters. The molecule has 1 saturated heterocycles. The number of hydrogen-bond acceptors (Lipinski definition) is 2. The third-order valence-electron chi connectivity index (χ3n) is 4.51. The van der Waals surface area contributed by atoms with Crippen molar-refractivity contribution in [1.82, 2.24) is 10.2 Å². The molecule has 1 N–H and O–H groups in total. The molecule has 2 nitrogen and oxygen atoms in total. The zero-order chi connectivity index (χ0) is 13.2. The summed E-state index contributed by atoms with van der Waals surface area (Å²) in [6, 6.07) is 6.81. The molecule has 0 radical (unpaired) electrons. The second kappa shape index (κ2) is 5.41. The van der Waals surface area contributed by atoms with E-state index in [0.29, 0.717) is 5.54 Å². The molecule has 0 amide bonds. The van der Waals surface area contributed by atoms with E-state index in [9.17, 15) is 0 Å². The average molecular weight is 246 g/mol. The maximum absolute atomic E-state index is 3.61. The average Bonchev–Trinajstić information content (AvgIpc) is 2.37. The van der Waals surface area contributed by atoms with Crippen molar-refractivity contribution in [2.75, 3.05) is 27.2 Å². The fraction of sp³-hybridized carbons (Fsp3) is 0.625. The summed E-state index contributed by atoms with van der Waals surface area (Å²) in [7, 11) is 4.34. The normalized spacial score (nSPS) is 20.0. The van der Waals surface area contributed by atoms with Gasteiger partial charge in [-0.15, -0.1) is 0 Å². The fourth-order valence-electron chi connectivity index (χ4n) is 2.92. The predicted molar refractivity (Wildman–Crippen MR) is 78.1 cm³/mol. The molecule has 100 valence electrons. The summed E-state index contributed by atoms with van der Waals surface area (Å²) in [4.78, 5) is 2.43. The monoisotopic (exact) mass is 246 g/mol. The number of nitrogens with zero attached hydrogens (tertiary/aromatic N) is 1. The first kappa shape index (κ1) is 13.6. The van der Waals surface area contributed by atoms with Gasteiger partial charge in [0.05, 0.1) is 0 Å². The molecule has 18 heavy (non-hydrogen) atoms. The minimum absolute atomic E-state index is 0.297. The Labute approximate surface area is 111 Å². The van der Waals surface area contributed by atoms with E-state index in [4.69, 9.17) is 0 Å². The number of benzene rings is 1. The van der Waals surface area contributed by atoms with Gasteiger partial charge in [0.1, 0.15) is 0 Å². The van der Waals surface area contributed by atoms with Gasteiger partial charge in [-0.1, -0.05) is 23.8 Å². The smallest absolute Gasteiger partial charge is 0.0243 e. The molecule has 1 aliphatic rings. The first-order chi connectivity index (χ1) is 8.54. The first-order valence-electron chi connectivity index (χ1n) is 6.98. The van der Waals surface area contributed by atoms with Crippen LogP contribution in [0, 0.1) is 13.8 Å². The summed E-state index contributed by atoms with van der Waals surface area (Å²) in [6.45, 7) is 6.81. The predicted octanol–water partition coefficient (Wildman–Crippen LogP) is 2.53. The van der Waals surface area contributed by atoms with Crippen molar-refractivity contribution >= 4 is 0 Å². The third-order valence-corrected chi connectivity index (χ3v) is 4.51. The number of aryl methyl sites for hydroxylation is 2. The molecule has 2 heteroatoms.